The van der Waals surface area contributed by atoms with Gasteiger partial charge in [0.25, 0.3) is 5.91 Å². The van der Waals surface area contributed by atoms with Crippen molar-refractivity contribution >= 4 is 21.6 Å². The van der Waals surface area contributed by atoms with Gasteiger partial charge in [-0.3, -0.25) is 4.79 Å². The summed E-state index contributed by atoms with van der Waals surface area (Å²) in [5.41, 5.74) is 0.449. The van der Waals surface area contributed by atoms with Crippen molar-refractivity contribution in [2.24, 2.45) is 0 Å². The zero-order chi connectivity index (χ0) is 12.1. The van der Waals surface area contributed by atoms with Crippen LogP contribution in [0.3, 0.4) is 0 Å². The van der Waals surface area contributed by atoms with E-state index < -0.39 is 21.3 Å². The van der Waals surface area contributed by atoms with Gasteiger partial charge in [-0.05, 0) is 25.5 Å². The largest absolute Gasteiger partial charge is 0.272 e. The van der Waals surface area contributed by atoms with Crippen molar-refractivity contribution in [2.75, 3.05) is 10.6 Å². The summed E-state index contributed by atoms with van der Waals surface area (Å²) in [7, 11) is -3.55. The highest BCUT2D eigenvalue weighted by Crippen LogP contribution is 2.42. The number of carbonyl (C=O) groups excluding carboxylic acids is 1. The summed E-state index contributed by atoms with van der Waals surface area (Å²) in [5, 5.41) is 0. The van der Waals surface area contributed by atoms with E-state index in [1.165, 1.54) is 0 Å². The van der Waals surface area contributed by atoms with Gasteiger partial charge in [0.15, 0.2) is 0 Å². The Morgan fingerprint density at radius 3 is 2.31 bits per heavy atom. The molecule has 0 unspecified atom stereocenters. The fraction of sp³-hybridized carbons (Fsp3) is 0.364. The molecule has 16 heavy (non-hydrogen) atoms. The van der Waals surface area contributed by atoms with Gasteiger partial charge in [-0.15, -0.1) is 0 Å². The van der Waals surface area contributed by atoms with E-state index in [2.05, 4.69) is 0 Å². The highest BCUT2D eigenvalue weighted by Gasteiger charge is 2.47. The fourth-order valence-corrected chi connectivity index (χ4v) is 3.03. The van der Waals surface area contributed by atoms with Crippen LogP contribution in [0.25, 0.3) is 0 Å². The third-order valence-corrected chi connectivity index (χ3v) is 3.87. The number of nitrogens with zero attached hydrogens (tertiary/aromatic N) is 1. The molecule has 0 aromatic heterocycles. The zero-order valence-electron chi connectivity index (χ0n) is 9.39. The smallest absolute Gasteiger partial charge is 0.250 e. The molecule has 1 aromatic carbocycles. The molecule has 0 saturated heterocycles. The van der Waals surface area contributed by atoms with Crippen LogP contribution in [0.5, 0.6) is 0 Å². The highest BCUT2D eigenvalue weighted by atomic mass is 32.2. The van der Waals surface area contributed by atoms with E-state index in [4.69, 9.17) is 0 Å². The molecule has 1 heterocycles. The number of para-hydroxylation sites is 1. The standard InChI is InChI=1S/C11H13NO3S/c1-11(2)8-6-4-5-7-9(8)12(10(11)13)16(3,14)15/h4-7H,1-3H3. The van der Waals surface area contributed by atoms with Gasteiger partial charge in [-0.25, -0.2) is 12.7 Å². The van der Waals surface area contributed by atoms with Crippen LogP contribution in [-0.2, 0) is 20.2 Å². The first-order chi connectivity index (χ1) is 7.26. The minimum Gasteiger partial charge on any atom is -0.272 e. The molecule has 1 amide bonds. The summed E-state index contributed by atoms with van der Waals surface area (Å²) in [6, 6.07) is 6.98. The lowest BCUT2D eigenvalue weighted by atomic mass is 9.86. The molecule has 0 spiro atoms. The number of anilines is 1. The maximum atomic E-state index is 12.1. The molecular weight excluding hydrogens is 226 g/mol. The van der Waals surface area contributed by atoms with Gasteiger partial charge in [0.1, 0.15) is 0 Å². The average molecular weight is 239 g/mol. The molecule has 1 aliphatic rings. The van der Waals surface area contributed by atoms with E-state index in [9.17, 15) is 13.2 Å². The van der Waals surface area contributed by atoms with E-state index in [-0.39, 0.29) is 0 Å². The Balaban J connectivity index is 2.75. The Morgan fingerprint density at radius 2 is 1.75 bits per heavy atom. The number of carbonyl (C=O) groups is 1. The second-order valence-electron chi connectivity index (χ2n) is 4.47. The minimum absolute atomic E-state index is 0.392. The molecule has 0 aliphatic carbocycles. The van der Waals surface area contributed by atoms with Crippen LogP contribution >= 0.6 is 0 Å². The number of hydrogen-bond donors (Lipinski definition) is 0. The zero-order valence-corrected chi connectivity index (χ0v) is 10.2. The van der Waals surface area contributed by atoms with Crippen molar-refractivity contribution in [1.82, 2.24) is 0 Å². The first-order valence-electron chi connectivity index (χ1n) is 4.90. The number of sulfonamides is 1. The van der Waals surface area contributed by atoms with Crippen LogP contribution < -0.4 is 4.31 Å². The van der Waals surface area contributed by atoms with E-state index in [1.807, 2.05) is 0 Å². The molecule has 5 heteroatoms. The maximum Gasteiger partial charge on any atom is 0.250 e. The molecule has 0 fully saturated rings. The Hall–Kier alpha value is -1.36. The van der Waals surface area contributed by atoms with Crippen LogP contribution in [0, 0.1) is 0 Å². The molecule has 0 radical (unpaired) electrons. The van der Waals surface area contributed by atoms with Crippen LogP contribution in [0.2, 0.25) is 0 Å². The van der Waals surface area contributed by atoms with Crippen LogP contribution in [-0.4, -0.2) is 20.6 Å². The summed E-state index contributed by atoms with van der Waals surface area (Å²) >= 11 is 0. The molecule has 1 aliphatic heterocycles. The topological polar surface area (TPSA) is 54.5 Å². The normalized spacial score (nSPS) is 18.7. The first-order valence-corrected chi connectivity index (χ1v) is 6.75. The van der Waals surface area contributed by atoms with Gasteiger partial charge in [0, 0.05) is 0 Å². The van der Waals surface area contributed by atoms with Gasteiger partial charge in [0.2, 0.25) is 10.0 Å². The Morgan fingerprint density at radius 1 is 1.19 bits per heavy atom. The van der Waals surface area contributed by atoms with Crippen LogP contribution in [0.4, 0.5) is 5.69 Å². The third kappa shape index (κ3) is 1.35. The Kier molecular flexibility index (Phi) is 2.14. The quantitative estimate of drug-likeness (QED) is 0.741. The predicted octanol–water partition coefficient (Wildman–Crippen LogP) is 1.27. The van der Waals surface area contributed by atoms with E-state index >= 15 is 0 Å². The van der Waals surface area contributed by atoms with Crippen molar-refractivity contribution in [1.29, 1.82) is 0 Å². The van der Waals surface area contributed by atoms with Gasteiger partial charge < -0.3 is 0 Å². The number of amides is 1. The second kappa shape index (κ2) is 3.07. The number of rotatable bonds is 1. The van der Waals surface area contributed by atoms with Crippen LogP contribution in [0.1, 0.15) is 19.4 Å². The summed E-state index contributed by atoms with van der Waals surface area (Å²) in [6.45, 7) is 3.47. The first kappa shape index (κ1) is 11.1. The molecule has 0 N–H and O–H groups in total. The Bertz CT molecular complexity index is 560. The highest BCUT2D eigenvalue weighted by molar-refractivity contribution is 7.92. The predicted molar refractivity (Wildman–Crippen MR) is 61.8 cm³/mol. The van der Waals surface area contributed by atoms with Gasteiger partial charge in [-0.2, -0.15) is 0 Å². The van der Waals surface area contributed by atoms with Crippen molar-refractivity contribution in [3.05, 3.63) is 29.8 Å². The van der Waals surface area contributed by atoms with E-state index in [0.29, 0.717) is 5.69 Å². The monoisotopic (exact) mass is 239 g/mol. The average Bonchev–Trinajstić information content (AvgIpc) is 2.35. The molecule has 1 aromatic rings. The van der Waals surface area contributed by atoms with Gasteiger partial charge in [-0.1, -0.05) is 18.2 Å². The van der Waals surface area contributed by atoms with Crippen molar-refractivity contribution < 1.29 is 13.2 Å². The van der Waals surface area contributed by atoms with Crippen molar-refractivity contribution in [3.63, 3.8) is 0 Å². The maximum absolute atomic E-state index is 12.1. The number of benzene rings is 1. The summed E-state index contributed by atoms with van der Waals surface area (Å²) < 4.78 is 24.1. The molecule has 86 valence electrons. The van der Waals surface area contributed by atoms with Crippen LogP contribution in [0.15, 0.2) is 24.3 Å². The molecular formula is C11H13NO3S. The lowest BCUT2D eigenvalue weighted by Crippen LogP contribution is -2.39. The molecule has 4 nitrogen and oxygen atoms in total. The van der Waals surface area contributed by atoms with E-state index in [1.54, 1.807) is 38.1 Å². The number of fused-ring (bicyclic) bond motifs is 1. The molecule has 0 saturated carbocycles. The molecule has 0 atom stereocenters. The summed E-state index contributed by atoms with van der Waals surface area (Å²) in [5.74, 6) is -0.392. The Labute approximate surface area is 94.9 Å². The van der Waals surface area contributed by atoms with E-state index in [0.717, 1.165) is 16.1 Å². The van der Waals surface area contributed by atoms with Crippen molar-refractivity contribution in [2.45, 2.75) is 19.3 Å². The summed E-state index contributed by atoms with van der Waals surface area (Å²) in [6.07, 6.45) is 1.04. The fourth-order valence-electron chi connectivity index (χ4n) is 1.99. The summed E-state index contributed by atoms with van der Waals surface area (Å²) in [4.78, 5) is 12.1. The lowest BCUT2D eigenvalue weighted by Gasteiger charge is -2.18. The van der Waals surface area contributed by atoms with Gasteiger partial charge >= 0.3 is 0 Å². The molecule has 0 bridgehead atoms. The SMILES string of the molecule is CC1(C)C(=O)N(S(C)(=O)=O)c2ccccc21. The third-order valence-electron chi connectivity index (χ3n) is 2.85. The second-order valence-corrected chi connectivity index (χ2v) is 6.31. The lowest BCUT2D eigenvalue weighted by molar-refractivity contribution is -0.120. The molecule has 2 rings (SSSR count). The van der Waals surface area contributed by atoms with Crippen molar-refractivity contribution in [3.8, 4) is 0 Å². The minimum atomic E-state index is -3.55. The number of hydrogen-bond acceptors (Lipinski definition) is 3. The van der Waals surface area contributed by atoms with Gasteiger partial charge in [0.05, 0.1) is 17.4 Å².